The number of hydrogen-bond donors (Lipinski definition) is 4. The van der Waals surface area contributed by atoms with Crippen LogP contribution < -0.4 is 16.0 Å². The Hall–Kier alpha value is -3.40. The van der Waals surface area contributed by atoms with Crippen LogP contribution in [0.25, 0.3) is 0 Å². The molecule has 0 aliphatic carbocycles. The topological polar surface area (TPSA) is 108 Å². The summed E-state index contributed by atoms with van der Waals surface area (Å²) in [6.45, 7) is 0. The van der Waals surface area contributed by atoms with Gasteiger partial charge in [0.1, 0.15) is 6.04 Å². The zero-order chi connectivity index (χ0) is 23.7. The van der Waals surface area contributed by atoms with E-state index in [4.69, 9.17) is 5.11 Å². The van der Waals surface area contributed by atoms with Gasteiger partial charge in [-0.25, -0.2) is 0 Å². The van der Waals surface area contributed by atoms with E-state index in [-0.39, 0.29) is 12.1 Å². The van der Waals surface area contributed by atoms with Crippen LogP contribution >= 0.6 is 0 Å². The van der Waals surface area contributed by atoms with Gasteiger partial charge in [-0.1, -0.05) is 36.4 Å². The first-order chi connectivity index (χ1) is 15.1. The molecule has 172 valence electrons. The number of nitrogens with one attached hydrogen (secondary N) is 3. The molecule has 0 aliphatic rings. The second-order valence-electron chi connectivity index (χ2n) is 7.09. The van der Waals surface area contributed by atoms with E-state index < -0.39 is 48.0 Å². The smallest absolute Gasteiger partial charge is 0.416 e. The molecule has 2 unspecified atom stereocenters. The van der Waals surface area contributed by atoms with Crippen LogP contribution in [0.15, 0.2) is 54.6 Å². The summed E-state index contributed by atoms with van der Waals surface area (Å²) in [5.41, 5.74) is -0.0920. The third-order valence-corrected chi connectivity index (χ3v) is 4.70. The number of hydrogen-bond acceptors (Lipinski definition) is 4. The van der Waals surface area contributed by atoms with Crippen molar-refractivity contribution in [3.63, 3.8) is 0 Å². The predicted molar refractivity (Wildman–Crippen MR) is 112 cm³/mol. The molecule has 4 N–H and O–H groups in total. The van der Waals surface area contributed by atoms with Crippen molar-refractivity contribution in [3.8, 4) is 0 Å². The number of carboxylic acids is 1. The highest BCUT2D eigenvalue weighted by Gasteiger charge is 2.31. The van der Waals surface area contributed by atoms with E-state index in [1.165, 1.54) is 19.2 Å². The van der Waals surface area contributed by atoms with Crippen molar-refractivity contribution >= 4 is 23.5 Å². The second kappa shape index (κ2) is 11.3. The van der Waals surface area contributed by atoms with E-state index in [1.807, 2.05) is 30.3 Å². The minimum atomic E-state index is -4.57. The third kappa shape index (κ3) is 7.69. The van der Waals surface area contributed by atoms with Crippen molar-refractivity contribution in [2.45, 2.75) is 37.5 Å². The van der Waals surface area contributed by atoms with Crippen LogP contribution in [0.1, 0.15) is 24.0 Å². The molecule has 2 amide bonds. The van der Waals surface area contributed by atoms with E-state index in [9.17, 15) is 27.6 Å². The first-order valence-corrected chi connectivity index (χ1v) is 9.81. The molecule has 0 bridgehead atoms. The van der Waals surface area contributed by atoms with Gasteiger partial charge in [-0.3, -0.25) is 14.4 Å². The van der Waals surface area contributed by atoms with Gasteiger partial charge in [0.15, 0.2) is 0 Å². The lowest BCUT2D eigenvalue weighted by molar-refractivity contribution is -0.140. The lowest BCUT2D eigenvalue weighted by Gasteiger charge is -2.22. The lowest BCUT2D eigenvalue weighted by Crippen LogP contribution is -2.51. The Labute approximate surface area is 183 Å². The zero-order valence-corrected chi connectivity index (χ0v) is 17.3. The molecule has 10 heteroatoms. The van der Waals surface area contributed by atoms with E-state index in [1.54, 1.807) is 0 Å². The Kier molecular flexibility index (Phi) is 8.77. The van der Waals surface area contributed by atoms with Gasteiger partial charge in [0.2, 0.25) is 11.8 Å². The van der Waals surface area contributed by atoms with E-state index in [2.05, 4.69) is 16.0 Å². The van der Waals surface area contributed by atoms with E-state index >= 15 is 0 Å². The fourth-order valence-corrected chi connectivity index (χ4v) is 3.00. The minimum absolute atomic E-state index is 0.0699. The molecule has 0 saturated heterocycles. The fourth-order valence-electron chi connectivity index (χ4n) is 3.00. The van der Waals surface area contributed by atoms with Gasteiger partial charge in [-0.15, -0.1) is 0 Å². The van der Waals surface area contributed by atoms with Crippen LogP contribution in [0, 0.1) is 0 Å². The van der Waals surface area contributed by atoms with Crippen LogP contribution in [-0.2, 0) is 27.0 Å². The summed E-state index contributed by atoms with van der Waals surface area (Å²) in [5, 5.41) is 16.4. The average molecular weight is 451 g/mol. The van der Waals surface area contributed by atoms with Gasteiger partial charge in [0.05, 0.1) is 18.0 Å². The Morgan fingerprint density at radius 3 is 2.25 bits per heavy atom. The molecule has 2 rings (SSSR count). The Morgan fingerprint density at radius 1 is 0.969 bits per heavy atom. The maximum absolute atomic E-state index is 13.0. The first kappa shape index (κ1) is 24.9. The van der Waals surface area contributed by atoms with Crippen LogP contribution in [0.4, 0.5) is 18.9 Å². The van der Waals surface area contributed by atoms with Gasteiger partial charge in [-0.05, 0) is 43.7 Å². The van der Waals surface area contributed by atoms with Crippen molar-refractivity contribution in [2.75, 3.05) is 12.4 Å². The summed E-state index contributed by atoms with van der Waals surface area (Å²) in [6.07, 6.45) is -4.50. The van der Waals surface area contributed by atoms with Crippen LogP contribution in [0.5, 0.6) is 0 Å². The van der Waals surface area contributed by atoms with Crippen molar-refractivity contribution in [3.05, 3.63) is 65.7 Å². The molecule has 2 atom stereocenters. The van der Waals surface area contributed by atoms with Gasteiger partial charge in [0, 0.05) is 5.69 Å². The standard InChI is InChI=1S/C22H24F3N3O4/c1-26-18(13-19(29)30)21(32)28-17(11-10-14-6-3-2-4-7-14)20(31)27-16-9-5-8-15(12-16)22(23,24)25/h2-9,12,17-18,26H,10-11,13H2,1H3,(H,27,31)(H,28,32)(H,29,30). The van der Waals surface area contributed by atoms with Crippen molar-refractivity contribution in [2.24, 2.45) is 0 Å². The molecule has 2 aromatic rings. The maximum Gasteiger partial charge on any atom is 0.416 e. The molecule has 32 heavy (non-hydrogen) atoms. The fraction of sp³-hybridized carbons (Fsp3) is 0.318. The molecule has 0 heterocycles. The van der Waals surface area contributed by atoms with Crippen molar-refractivity contribution < 1.29 is 32.7 Å². The molecule has 0 fully saturated rings. The predicted octanol–water partition coefficient (Wildman–Crippen LogP) is 2.82. The quantitative estimate of drug-likeness (QED) is 0.444. The maximum atomic E-state index is 13.0. The number of carbonyl (C=O) groups is 3. The summed E-state index contributed by atoms with van der Waals surface area (Å²) >= 11 is 0. The lowest BCUT2D eigenvalue weighted by atomic mass is 10.0. The number of rotatable bonds is 10. The molecule has 2 aromatic carbocycles. The number of halogens is 3. The van der Waals surface area contributed by atoms with Crippen LogP contribution in [0.3, 0.4) is 0 Å². The van der Waals surface area contributed by atoms with E-state index in [0.29, 0.717) is 6.42 Å². The van der Waals surface area contributed by atoms with Crippen LogP contribution in [0.2, 0.25) is 0 Å². The molecule has 0 spiro atoms. The number of aliphatic carboxylic acids is 1. The second-order valence-corrected chi connectivity index (χ2v) is 7.09. The number of aryl methyl sites for hydroxylation is 1. The zero-order valence-electron chi connectivity index (χ0n) is 17.3. The largest absolute Gasteiger partial charge is 0.481 e. The molecule has 7 nitrogen and oxygen atoms in total. The monoisotopic (exact) mass is 451 g/mol. The third-order valence-electron chi connectivity index (χ3n) is 4.70. The highest BCUT2D eigenvalue weighted by atomic mass is 19.4. The van der Waals surface area contributed by atoms with Crippen molar-refractivity contribution in [1.29, 1.82) is 0 Å². The summed E-state index contributed by atoms with van der Waals surface area (Å²) in [5.74, 6) is -2.61. The Bertz CT molecular complexity index is 936. The SMILES string of the molecule is CNC(CC(=O)O)C(=O)NC(CCc1ccccc1)C(=O)Nc1cccc(C(F)(F)F)c1. The number of carbonyl (C=O) groups excluding carboxylic acids is 2. The number of anilines is 1. The molecule has 0 saturated carbocycles. The van der Waals surface area contributed by atoms with Gasteiger partial charge < -0.3 is 21.1 Å². The Morgan fingerprint density at radius 2 is 1.66 bits per heavy atom. The highest BCUT2D eigenvalue weighted by molar-refractivity contribution is 5.98. The van der Waals surface area contributed by atoms with Crippen LogP contribution in [-0.4, -0.2) is 42.0 Å². The van der Waals surface area contributed by atoms with Gasteiger partial charge in [0.25, 0.3) is 0 Å². The van der Waals surface area contributed by atoms with E-state index in [0.717, 1.165) is 17.7 Å². The summed E-state index contributed by atoms with van der Waals surface area (Å²) in [7, 11) is 1.41. The summed E-state index contributed by atoms with van der Waals surface area (Å²) < 4.78 is 38.9. The normalized spacial score (nSPS) is 13.1. The summed E-state index contributed by atoms with van der Waals surface area (Å²) in [4.78, 5) is 36.3. The van der Waals surface area contributed by atoms with Gasteiger partial charge >= 0.3 is 12.1 Å². The Balaban J connectivity index is 2.17. The first-order valence-electron chi connectivity index (χ1n) is 9.81. The molecule has 0 radical (unpaired) electrons. The average Bonchev–Trinajstić information content (AvgIpc) is 2.74. The molecule has 0 aliphatic heterocycles. The molecule has 0 aromatic heterocycles. The number of carboxylic acid groups (broad SMARTS) is 1. The van der Waals surface area contributed by atoms with Gasteiger partial charge in [-0.2, -0.15) is 13.2 Å². The molecular weight excluding hydrogens is 427 g/mol. The summed E-state index contributed by atoms with van der Waals surface area (Å²) in [6, 6.07) is 11.1. The van der Waals surface area contributed by atoms with Crippen molar-refractivity contribution in [1.82, 2.24) is 10.6 Å². The minimum Gasteiger partial charge on any atom is -0.481 e. The molecular formula is C22H24F3N3O4. The number of likely N-dealkylation sites (N-methyl/N-ethyl adjacent to an activating group) is 1. The number of benzene rings is 2. The number of alkyl halides is 3. The highest BCUT2D eigenvalue weighted by Crippen LogP contribution is 2.30. The number of amides is 2.